The normalized spacial score (nSPS) is 12.9. The monoisotopic (exact) mass is 222 g/mol. The van der Waals surface area contributed by atoms with E-state index >= 15 is 0 Å². The van der Waals surface area contributed by atoms with Crippen LogP contribution in [0.3, 0.4) is 0 Å². The smallest absolute Gasteiger partial charge is 0.119 e. The molecule has 0 saturated heterocycles. The van der Waals surface area contributed by atoms with Gasteiger partial charge in [-0.1, -0.05) is 19.9 Å². The van der Waals surface area contributed by atoms with Crippen LogP contribution >= 0.6 is 0 Å². The van der Waals surface area contributed by atoms with Crippen molar-refractivity contribution in [3.05, 3.63) is 29.3 Å². The number of hydrogen-bond donors (Lipinski definition) is 1. The number of ether oxygens (including phenoxy) is 1. The van der Waals surface area contributed by atoms with Crippen molar-refractivity contribution in [1.82, 2.24) is 0 Å². The Kier molecular flexibility index (Phi) is 4.81. The number of hydrogen-bond acceptors (Lipinski definition) is 2. The van der Waals surface area contributed by atoms with Gasteiger partial charge in [0.1, 0.15) is 5.75 Å². The quantitative estimate of drug-likeness (QED) is 0.829. The summed E-state index contributed by atoms with van der Waals surface area (Å²) in [5.41, 5.74) is 2.51. The Bertz CT molecular complexity index is 332. The first-order valence-electron chi connectivity index (χ1n) is 5.89. The molecule has 0 fully saturated rings. The summed E-state index contributed by atoms with van der Waals surface area (Å²) in [5, 5.41) is 9.62. The molecule has 0 aliphatic rings. The predicted molar refractivity (Wildman–Crippen MR) is 66.9 cm³/mol. The summed E-state index contributed by atoms with van der Waals surface area (Å²) < 4.78 is 5.60. The Morgan fingerprint density at radius 1 is 1.19 bits per heavy atom. The molecule has 1 atom stereocenters. The van der Waals surface area contributed by atoms with Gasteiger partial charge in [0.2, 0.25) is 0 Å². The van der Waals surface area contributed by atoms with Gasteiger partial charge in [0.25, 0.3) is 0 Å². The molecule has 1 aromatic rings. The van der Waals surface area contributed by atoms with Crippen LogP contribution in [-0.2, 0) is 0 Å². The summed E-state index contributed by atoms with van der Waals surface area (Å²) in [6, 6.07) is 6.07. The molecule has 1 unspecified atom stereocenters. The van der Waals surface area contributed by atoms with Gasteiger partial charge in [-0.3, -0.25) is 0 Å². The number of aliphatic hydroxyl groups excluding tert-OH is 1. The zero-order chi connectivity index (χ0) is 12.1. The molecule has 0 aromatic heterocycles. The van der Waals surface area contributed by atoms with E-state index in [1.165, 1.54) is 11.1 Å². The number of rotatable bonds is 5. The number of benzene rings is 1. The van der Waals surface area contributed by atoms with Crippen LogP contribution < -0.4 is 4.74 Å². The topological polar surface area (TPSA) is 29.5 Å². The highest BCUT2D eigenvalue weighted by atomic mass is 16.5. The van der Waals surface area contributed by atoms with Crippen molar-refractivity contribution in [2.45, 2.75) is 40.2 Å². The van der Waals surface area contributed by atoms with Gasteiger partial charge >= 0.3 is 0 Å². The van der Waals surface area contributed by atoms with Crippen molar-refractivity contribution >= 4 is 0 Å². The van der Waals surface area contributed by atoms with Crippen LogP contribution in [0.5, 0.6) is 5.75 Å². The first kappa shape index (κ1) is 13.0. The van der Waals surface area contributed by atoms with Crippen molar-refractivity contribution in [3.8, 4) is 5.75 Å². The lowest BCUT2D eigenvalue weighted by Gasteiger charge is -2.15. The van der Waals surface area contributed by atoms with Gasteiger partial charge in [0.05, 0.1) is 12.7 Å². The minimum Gasteiger partial charge on any atom is -0.493 e. The van der Waals surface area contributed by atoms with Crippen LogP contribution in [0.1, 0.15) is 31.4 Å². The summed E-state index contributed by atoms with van der Waals surface area (Å²) in [6.45, 7) is 8.76. The molecule has 0 saturated carbocycles. The zero-order valence-corrected chi connectivity index (χ0v) is 10.7. The van der Waals surface area contributed by atoms with Crippen molar-refractivity contribution in [2.75, 3.05) is 6.61 Å². The molecular formula is C14H22O2. The summed E-state index contributed by atoms with van der Waals surface area (Å²) in [4.78, 5) is 0. The van der Waals surface area contributed by atoms with E-state index in [1.54, 1.807) is 0 Å². The number of aliphatic hydroxyl groups is 1. The summed E-state index contributed by atoms with van der Waals surface area (Å²) in [6.07, 6.45) is 0.413. The Morgan fingerprint density at radius 2 is 1.88 bits per heavy atom. The van der Waals surface area contributed by atoms with Crippen molar-refractivity contribution in [2.24, 2.45) is 5.92 Å². The minimum atomic E-state index is -0.272. The third-order valence-corrected chi connectivity index (χ3v) is 2.93. The molecule has 0 radical (unpaired) electrons. The van der Waals surface area contributed by atoms with E-state index in [0.717, 1.165) is 5.75 Å². The van der Waals surface area contributed by atoms with Crippen LogP contribution in [0.2, 0.25) is 0 Å². The molecule has 90 valence electrons. The maximum absolute atomic E-state index is 9.62. The Hall–Kier alpha value is -1.02. The molecule has 1 rings (SSSR count). The molecule has 1 aromatic carbocycles. The molecule has 16 heavy (non-hydrogen) atoms. The van der Waals surface area contributed by atoms with Gasteiger partial charge in [-0.2, -0.15) is 0 Å². The molecule has 0 aliphatic carbocycles. The third kappa shape index (κ3) is 3.86. The average molecular weight is 222 g/mol. The average Bonchev–Trinajstić information content (AvgIpc) is 2.23. The van der Waals surface area contributed by atoms with E-state index in [0.29, 0.717) is 18.9 Å². The molecule has 2 heteroatoms. The first-order valence-corrected chi connectivity index (χ1v) is 5.89. The van der Waals surface area contributed by atoms with E-state index in [1.807, 2.05) is 26.0 Å². The molecule has 0 heterocycles. The van der Waals surface area contributed by atoms with Crippen molar-refractivity contribution < 1.29 is 9.84 Å². The van der Waals surface area contributed by atoms with E-state index in [9.17, 15) is 5.11 Å². The van der Waals surface area contributed by atoms with Gasteiger partial charge in [0.15, 0.2) is 0 Å². The molecule has 0 aliphatic heterocycles. The summed E-state index contributed by atoms with van der Waals surface area (Å²) >= 11 is 0. The fourth-order valence-electron chi connectivity index (χ4n) is 1.43. The van der Waals surface area contributed by atoms with E-state index in [2.05, 4.69) is 19.9 Å². The van der Waals surface area contributed by atoms with E-state index < -0.39 is 0 Å². The van der Waals surface area contributed by atoms with E-state index in [-0.39, 0.29) is 6.10 Å². The highest BCUT2D eigenvalue weighted by Gasteiger charge is 2.08. The Balaban J connectivity index is 2.40. The fraction of sp³-hybridized carbons (Fsp3) is 0.571. The van der Waals surface area contributed by atoms with Crippen LogP contribution in [0.15, 0.2) is 18.2 Å². The highest BCUT2D eigenvalue weighted by Crippen LogP contribution is 2.17. The van der Waals surface area contributed by atoms with Gasteiger partial charge < -0.3 is 9.84 Å². The molecule has 0 spiro atoms. The fourth-order valence-corrected chi connectivity index (χ4v) is 1.43. The van der Waals surface area contributed by atoms with E-state index in [4.69, 9.17) is 4.74 Å². The summed E-state index contributed by atoms with van der Waals surface area (Å²) in [5.74, 6) is 1.18. The van der Waals surface area contributed by atoms with Crippen LogP contribution in [0, 0.1) is 19.8 Å². The molecule has 2 nitrogen and oxygen atoms in total. The third-order valence-electron chi connectivity index (χ3n) is 2.93. The molecular weight excluding hydrogens is 200 g/mol. The van der Waals surface area contributed by atoms with Gasteiger partial charge in [-0.05, 0) is 43.0 Å². The second-order valence-corrected chi connectivity index (χ2v) is 4.69. The summed E-state index contributed by atoms with van der Waals surface area (Å²) in [7, 11) is 0. The van der Waals surface area contributed by atoms with Crippen molar-refractivity contribution in [3.63, 3.8) is 0 Å². The number of aryl methyl sites for hydroxylation is 2. The van der Waals surface area contributed by atoms with Crippen LogP contribution in [0.25, 0.3) is 0 Å². The largest absolute Gasteiger partial charge is 0.493 e. The minimum absolute atomic E-state index is 0.272. The Labute approximate surface area is 98.3 Å². The molecule has 1 N–H and O–H groups in total. The van der Waals surface area contributed by atoms with Gasteiger partial charge in [-0.15, -0.1) is 0 Å². The van der Waals surface area contributed by atoms with Gasteiger partial charge in [0, 0.05) is 6.42 Å². The second-order valence-electron chi connectivity index (χ2n) is 4.69. The lowest BCUT2D eigenvalue weighted by atomic mass is 10.1. The SMILES string of the molecule is Cc1ccc(OCCC(O)C(C)C)cc1C. The second kappa shape index (κ2) is 5.90. The molecule has 0 amide bonds. The zero-order valence-electron chi connectivity index (χ0n) is 10.7. The van der Waals surface area contributed by atoms with Crippen LogP contribution in [-0.4, -0.2) is 17.8 Å². The lowest BCUT2D eigenvalue weighted by Crippen LogP contribution is -2.18. The lowest BCUT2D eigenvalue weighted by molar-refractivity contribution is 0.0976. The maximum Gasteiger partial charge on any atom is 0.119 e. The maximum atomic E-state index is 9.62. The van der Waals surface area contributed by atoms with Crippen LogP contribution in [0.4, 0.5) is 0 Å². The highest BCUT2D eigenvalue weighted by molar-refractivity contribution is 5.33. The van der Waals surface area contributed by atoms with Gasteiger partial charge in [-0.25, -0.2) is 0 Å². The van der Waals surface area contributed by atoms with Crippen molar-refractivity contribution in [1.29, 1.82) is 0 Å². The Morgan fingerprint density at radius 3 is 2.44 bits per heavy atom. The molecule has 0 bridgehead atoms. The predicted octanol–water partition coefficient (Wildman–Crippen LogP) is 3.09. The standard InChI is InChI=1S/C14H22O2/c1-10(2)14(15)7-8-16-13-6-5-11(3)12(4)9-13/h5-6,9-10,14-15H,7-8H2,1-4H3. The first-order chi connectivity index (χ1) is 7.50.